The maximum Gasteiger partial charge on any atom is 0.304 e. The summed E-state index contributed by atoms with van der Waals surface area (Å²) < 4.78 is 13.0. The lowest BCUT2D eigenvalue weighted by Crippen LogP contribution is -2.26. The highest BCUT2D eigenvalue weighted by molar-refractivity contribution is 5.66. The molecule has 1 aromatic rings. The zero-order chi connectivity index (χ0) is 12.7. The van der Waals surface area contributed by atoms with Crippen LogP contribution < -0.4 is 0 Å². The zero-order valence-corrected chi connectivity index (χ0v) is 10.0. The van der Waals surface area contributed by atoms with Crippen LogP contribution in [-0.4, -0.2) is 29.1 Å². The molecule has 0 radical (unpaired) electrons. The van der Waals surface area contributed by atoms with Gasteiger partial charge in [0.25, 0.3) is 0 Å². The van der Waals surface area contributed by atoms with Crippen molar-refractivity contribution in [1.29, 1.82) is 0 Å². The molecule has 0 unspecified atom stereocenters. The molecule has 3 nitrogen and oxygen atoms in total. The van der Waals surface area contributed by atoms with Crippen LogP contribution >= 0.6 is 0 Å². The van der Waals surface area contributed by atoms with Crippen LogP contribution in [0, 0.1) is 5.82 Å². The molecule has 4 heteroatoms. The smallest absolute Gasteiger partial charge is 0.304 e. The third kappa shape index (κ3) is 5.45. The number of halogens is 1. The SMILES string of the molecule is CCCN(CCC(=O)O)Cc1cccc(F)c1. The maximum absolute atomic E-state index is 13.0. The lowest BCUT2D eigenvalue weighted by Gasteiger charge is -2.20. The van der Waals surface area contributed by atoms with Gasteiger partial charge in [-0.05, 0) is 30.7 Å². The van der Waals surface area contributed by atoms with E-state index < -0.39 is 5.97 Å². The fraction of sp³-hybridized carbons (Fsp3) is 0.462. The third-order valence-electron chi connectivity index (χ3n) is 2.48. The minimum Gasteiger partial charge on any atom is -0.481 e. The monoisotopic (exact) mass is 239 g/mol. The topological polar surface area (TPSA) is 40.5 Å². The second-order valence-corrected chi connectivity index (χ2v) is 4.05. The molecule has 17 heavy (non-hydrogen) atoms. The van der Waals surface area contributed by atoms with Crippen LogP contribution in [0.5, 0.6) is 0 Å². The summed E-state index contributed by atoms with van der Waals surface area (Å²) in [6.45, 7) is 3.96. The van der Waals surface area contributed by atoms with E-state index in [0.717, 1.165) is 18.5 Å². The quantitative estimate of drug-likeness (QED) is 0.794. The Bertz CT molecular complexity index is 368. The van der Waals surface area contributed by atoms with Gasteiger partial charge in [-0.25, -0.2) is 4.39 Å². The molecular formula is C13H18FNO2. The van der Waals surface area contributed by atoms with E-state index in [0.29, 0.717) is 13.1 Å². The number of carbonyl (C=O) groups is 1. The molecule has 0 aromatic heterocycles. The number of nitrogens with zero attached hydrogens (tertiary/aromatic N) is 1. The fourth-order valence-corrected chi connectivity index (χ4v) is 1.73. The van der Waals surface area contributed by atoms with E-state index in [2.05, 4.69) is 0 Å². The van der Waals surface area contributed by atoms with E-state index in [1.54, 1.807) is 6.07 Å². The molecule has 0 saturated heterocycles. The van der Waals surface area contributed by atoms with Gasteiger partial charge >= 0.3 is 5.97 Å². The summed E-state index contributed by atoms with van der Waals surface area (Å²) >= 11 is 0. The Hall–Kier alpha value is -1.42. The summed E-state index contributed by atoms with van der Waals surface area (Å²) in [5.74, 6) is -1.05. The Balaban J connectivity index is 2.56. The van der Waals surface area contributed by atoms with Crippen molar-refractivity contribution in [3.8, 4) is 0 Å². The average molecular weight is 239 g/mol. The van der Waals surface area contributed by atoms with Crippen LogP contribution in [0.3, 0.4) is 0 Å². The van der Waals surface area contributed by atoms with Crippen molar-refractivity contribution in [3.63, 3.8) is 0 Å². The number of carboxylic acid groups (broad SMARTS) is 1. The second-order valence-electron chi connectivity index (χ2n) is 4.05. The largest absolute Gasteiger partial charge is 0.481 e. The van der Waals surface area contributed by atoms with Crippen LogP contribution in [0.2, 0.25) is 0 Å². The van der Waals surface area contributed by atoms with E-state index in [1.165, 1.54) is 12.1 Å². The van der Waals surface area contributed by atoms with E-state index in [-0.39, 0.29) is 12.2 Å². The molecule has 0 heterocycles. The van der Waals surface area contributed by atoms with E-state index in [4.69, 9.17) is 5.11 Å². The number of rotatable bonds is 7. The minimum atomic E-state index is -0.801. The van der Waals surface area contributed by atoms with Gasteiger partial charge in [-0.1, -0.05) is 19.1 Å². The summed E-state index contributed by atoms with van der Waals surface area (Å²) in [4.78, 5) is 12.6. The Morgan fingerprint density at radius 2 is 2.18 bits per heavy atom. The second kappa shape index (κ2) is 7.01. The molecule has 0 atom stereocenters. The first-order valence-corrected chi connectivity index (χ1v) is 5.80. The number of benzene rings is 1. The standard InChI is InChI=1S/C13H18FNO2/c1-2-7-15(8-6-13(16)17)10-11-4-3-5-12(14)9-11/h3-5,9H,2,6-8,10H2,1H3,(H,16,17). The van der Waals surface area contributed by atoms with Crippen LogP contribution in [0.4, 0.5) is 4.39 Å². The van der Waals surface area contributed by atoms with Crippen LogP contribution in [0.1, 0.15) is 25.3 Å². The van der Waals surface area contributed by atoms with Crippen molar-refractivity contribution in [2.75, 3.05) is 13.1 Å². The highest BCUT2D eigenvalue weighted by Gasteiger charge is 2.07. The van der Waals surface area contributed by atoms with Crippen molar-refractivity contribution in [2.24, 2.45) is 0 Å². The van der Waals surface area contributed by atoms with E-state index in [1.807, 2.05) is 17.9 Å². The summed E-state index contributed by atoms with van der Waals surface area (Å²) in [5.41, 5.74) is 0.879. The van der Waals surface area contributed by atoms with Crippen molar-refractivity contribution in [1.82, 2.24) is 4.90 Å². The van der Waals surface area contributed by atoms with Gasteiger partial charge in [0, 0.05) is 13.1 Å². The predicted octanol–water partition coefficient (Wildman–Crippen LogP) is 2.51. The van der Waals surface area contributed by atoms with Gasteiger partial charge in [0.05, 0.1) is 6.42 Å². The molecule has 1 rings (SSSR count). The Labute approximate surface area is 101 Å². The van der Waals surface area contributed by atoms with Gasteiger partial charge in [-0.15, -0.1) is 0 Å². The molecule has 94 valence electrons. The summed E-state index contributed by atoms with van der Waals surface area (Å²) in [6, 6.07) is 6.42. The van der Waals surface area contributed by atoms with Crippen LogP contribution in [-0.2, 0) is 11.3 Å². The average Bonchev–Trinajstić information content (AvgIpc) is 2.26. The van der Waals surface area contributed by atoms with Gasteiger partial charge in [0.1, 0.15) is 5.82 Å². The lowest BCUT2D eigenvalue weighted by atomic mass is 10.2. The number of aliphatic carboxylic acids is 1. The van der Waals surface area contributed by atoms with Crippen LogP contribution in [0.15, 0.2) is 24.3 Å². The number of hydrogen-bond acceptors (Lipinski definition) is 2. The van der Waals surface area contributed by atoms with Crippen molar-refractivity contribution in [3.05, 3.63) is 35.6 Å². The molecule has 0 saturated carbocycles. The molecule has 1 N–H and O–H groups in total. The summed E-state index contributed by atoms with van der Waals surface area (Å²) in [6.07, 6.45) is 1.07. The summed E-state index contributed by atoms with van der Waals surface area (Å²) in [7, 11) is 0. The summed E-state index contributed by atoms with van der Waals surface area (Å²) in [5, 5.41) is 8.65. The van der Waals surface area contributed by atoms with Gasteiger partial charge in [0.15, 0.2) is 0 Å². The van der Waals surface area contributed by atoms with Gasteiger partial charge in [-0.2, -0.15) is 0 Å². The molecule has 0 bridgehead atoms. The van der Waals surface area contributed by atoms with E-state index in [9.17, 15) is 9.18 Å². The highest BCUT2D eigenvalue weighted by Crippen LogP contribution is 2.08. The van der Waals surface area contributed by atoms with Gasteiger partial charge in [0.2, 0.25) is 0 Å². The minimum absolute atomic E-state index is 0.120. The Kier molecular flexibility index (Phi) is 5.63. The van der Waals surface area contributed by atoms with Crippen molar-refractivity contribution >= 4 is 5.97 Å². The maximum atomic E-state index is 13.0. The zero-order valence-electron chi connectivity index (χ0n) is 10.0. The Morgan fingerprint density at radius 3 is 2.76 bits per heavy atom. The number of carboxylic acids is 1. The first-order chi connectivity index (χ1) is 8.11. The Morgan fingerprint density at radius 1 is 1.41 bits per heavy atom. The molecule has 0 spiro atoms. The van der Waals surface area contributed by atoms with Gasteiger partial charge < -0.3 is 5.11 Å². The molecular weight excluding hydrogens is 221 g/mol. The molecule has 0 amide bonds. The molecule has 1 aromatic carbocycles. The van der Waals surface area contributed by atoms with Gasteiger partial charge in [-0.3, -0.25) is 9.69 Å². The normalized spacial score (nSPS) is 10.8. The first-order valence-electron chi connectivity index (χ1n) is 5.80. The first kappa shape index (κ1) is 13.6. The molecule has 0 aliphatic heterocycles. The van der Waals surface area contributed by atoms with E-state index >= 15 is 0 Å². The third-order valence-corrected chi connectivity index (χ3v) is 2.48. The van der Waals surface area contributed by atoms with Crippen molar-refractivity contribution < 1.29 is 14.3 Å². The molecule has 0 aliphatic carbocycles. The highest BCUT2D eigenvalue weighted by atomic mass is 19.1. The molecule has 0 aliphatic rings. The van der Waals surface area contributed by atoms with Crippen molar-refractivity contribution in [2.45, 2.75) is 26.3 Å². The number of hydrogen-bond donors (Lipinski definition) is 1. The predicted molar refractivity (Wildman–Crippen MR) is 64.2 cm³/mol. The fourth-order valence-electron chi connectivity index (χ4n) is 1.73. The molecule has 0 fully saturated rings. The lowest BCUT2D eigenvalue weighted by molar-refractivity contribution is -0.137. The van der Waals surface area contributed by atoms with Crippen LogP contribution in [0.25, 0.3) is 0 Å².